The van der Waals surface area contributed by atoms with Gasteiger partial charge < -0.3 is 10.1 Å². The Kier molecular flexibility index (Phi) is 5.22. The first-order chi connectivity index (χ1) is 8.82. The summed E-state index contributed by atoms with van der Waals surface area (Å²) in [6, 6.07) is 2.58. The van der Waals surface area contributed by atoms with Crippen LogP contribution in [0.5, 0.6) is 0 Å². The first kappa shape index (κ1) is 14.0. The molecule has 0 bridgehead atoms. The molecule has 0 saturated heterocycles. The van der Waals surface area contributed by atoms with Crippen molar-refractivity contribution in [2.45, 2.75) is 57.1 Å². The lowest BCUT2D eigenvalue weighted by molar-refractivity contribution is -0.0536. The molecule has 1 heterocycles. The minimum Gasteiger partial charge on any atom is -0.376 e. The van der Waals surface area contributed by atoms with Crippen molar-refractivity contribution in [2.75, 3.05) is 13.7 Å². The molecule has 1 aliphatic rings. The van der Waals surface area contributed by atoms with E-state index in [1.54, 1.807) is 11.3 Å². The number of hydrogen-bond donors (Lipinski definition) is 1. The van der Waals surface area contributed by atoms with E-state index in [4.69, 9.17) is 4.74 Å². The number of rotatable bonds is 5. The van der Waals surface area contributed by atoms with Crippen LogP contribution in [0.15, 0.2) is 16.8 Å². The molecule has 0 amide bonds. The molecule has 102 valence electrons. The molecule has 1 saturated carbocycles. The molecular formula is C15H25NOS. The normalized spacial score (nSPS) is 21.4. The minimum atomic E-state index is -0.00637. The average molecular weight is 267 g/mol. The molecular weight excluding hydrogens is 242 g/mol. The van der Waals surface area contributed by atoms with Gasteiger partial charge in [-0.15, -0.1) is 0 Å². The molecule has 0 spiro atoms. The van der Waals surface area contributed by atoms with Crippen LogP contribution < -0.4 is 5.32 Å². The Labute approximate surface area is 115 Å². The summed E-state index contributed by atoms with van der Waals surface area (Å²) in [5.41, 5.74) is 1.39. The van der Waals surface area contributed by atoms with Gasteiger partial charge in [0.1, 0.15) is 0 Å². The Balaban J connectivity index is 2.25. The molecule has 0 radical (unpaired) electrons. The fourth-order valence-corrected chi connectivity index (χ4v) is 3.87. The fraction of sp³-hybridized carbons (Fsp3) is 0.733. The lowest BCUT2D eigenvalue weighted by Gasteiger charge is -2.39. The van der Waals surface area contributed by atoms with Crippen molar-refractivity contribution in [3.63, 3.8) is 0 Å². The first-order valence-corrected chi connectivity index (χ1v) is 8.07. The topological polar surface area (TPSA) is 21.3 Å². The number of ether oxygens (including phenoxy) is 1. The second-order valence-electron chi connectivity index (χ2n) is 5.23. The predicted octanol–water partition coefficient (Wildman–Crippen LogP) is 4.14. The van der Waals surface area contributed by atoms with Crippen LogP contribution in [-0.2, 0) is 4.74 Å². The zero-order valence-corrected chi connectivity index (χ0v) is 12.4. The minimum absolute atomic E-state index is 0.00637. The molecule has 2 rings (SSSR count). The maximum Gasteiger partial charge on any atom is 0.0872 e. The monoisotopic (exact) mass is 267 g/mol. The van der Waals surface area contributed by atoms with E-state index in [0.29, 0.717) is 6.04 Å². The largest absolute Gasteiger partial charge is 0.376 e. The van der Waals surface area contributed by atoms with Gasteiger partial charge in [-0.2, -0.15) is 11.3 Å². The van der Waals surface area contributed by atoms with E-state index in [0.717, 1.165) is 6.54 Å². The Morgan fingerprint density at radius 2 is 2.06 bits per heavy atom. The molecule has 0 aromatic carbocycles. The van der Waals surface area contributed by atoms with Gasteiger partial charge in [0.05, 0.1) is 11.6 Å². The van der Waals surface area contributed by atoms with Crippen LogP contribution in [0, 0.1) is 0 Å². The van der Waals surface area contributed by atoms with Crippen LogP contribution in [0.25, 0.3) is 0 Å². The molecule has 2 nitrogen and oxygen atoms in total. The third kappa shape index (κ3) is 2.95. The van der Waals surface area contributed by atoms with Gasteiger partial charge in [0.25, 0.3) is 0 Å². The Morgan fingerprint density at radius 1 is 1.33 bits per heavy atom. The van der Waals surface area contributed by atoms with Gasteiger partial charge in [0.2, 0.25) is 0 Å². The van der Waals surface area contributed by atoms with Crippen LogP contribution in [0.2, 0.25) is 0 Å². The van der Waals surface area contributed by atoms with Crippen molar-refractivity contribution < 1.29 is 4.74 Å². The molecule has 1 aliphatic carbocycles. The standard InChI is InChI=1S/C15H25NOS/c1-3-16-14(13-8-11-18-12-13)15(17-2)9-6-4-5-7-10-15/h8,11-12,14,16H,3-7,9-10H2,1-2H3. The summed E-state index contributed by atoms with van der Waals surface area (Å²) in [4.78, 5) is 0. The lowest BCUT2D eigenvalue weighted by atomic mass is 9.83. The summed E-state index contributed by atoms with van der Waals surface area (Å²) >= 11 is 1.78. The first-order valence-electron chi connectivity index (χ1n) is 7.13. The van der Waals surface area contributed by atoms with E-state index in [2.05, 4.69) is 29.1 Å². The fourth-order valence-electron chi connectivity index (χ4n) is 3.19. The van der Waals surface area contributed by atoms with Gasteiger partial charge in [-0.1, -0.05) is 32.6 Å². The van der Waals surface area contributed by atoms with Crippen molar-refractivity contribution in [1.82, 2.24) is 5.32 Å². The zero-order chi connectivity index (χ0) is 12.8. The van der Waals surface area contributed by atoms with Crippen LogP contribution in [0.1, 0.15) is 57.1 Å². The number of thiophene rings is 1. The molecule has 3 heteroatoms. The van der Waals surface area contributed by atoms with E-state index in [-0.39, 0.29) is 5.60 Å². The highest BCUT2D eigenvalue weighted by atomic mass is 32.1. The third-order valence-electron chi connectivity index (χ3n) is 4.17. The summed E-state index contributed by atoms with van der Waals surface area (Å²) in [5.74, 6) is 0. The highest BCUT2D eigenvalue weighted by Crippen LogP contribution is 2.40. The van der Waals surface area contributed by atoms with Crippen LogP contribution in [-0.4, -0.2) is 19.3 Å². The summed E-state index contributed by atoms with van der Waals surface area (Å²) in [6.45, 7) is 3.17. The van der Waals surface area contributed by atoms with Gasteiger partial charge in [0, 0.05) is 7.11 Å². The summed E-state index contributed by atoms with van der Waals surface area (Å²) in [7, 11) is 1.89. The summed E-state index contributed by atoms with van der Waals surface area (Å²) < 4.78 is 6.04. The van der Waals surface area contributed by atoms with Crippen molar-refractivity contribution in [2.24, 2.45) is 0 Å². The SMILES string of the molecule is CCNC(c1ccsc1)C1(OC)CCCCCC1. The van der Waals surface area contributed by atoms with E-state index < -0.39 is 0 Å². The molecule has 1 unspecified atom stereocenters. The van der Waals surface area contributed by atoms with Gasteiger partial charge in [-0.3, -0.25) is 0 Å². The van der Waals surface area contributed by atoms with Gasteiger partial charge in [-0.25, -0.2) is 0 Å². The molecule has 0 aliphatic heterocycles. The number of hydrogen-bond acceptors (Lipinski definition) is 3. The van der Waals surface area contributed by atoms with Crippen LogP contribution in [0.3, 0.4) is 0 Å². The van der Waals surface area contributed by atoms with Crippen molar-refractivity contribution in [3.05, 3.63) is 22.4 Å². The Bertz CT molecular complexity index is 328. The molecule has 1 aromatic heterocycles. The molecule has 1 N–H and O–H groups in total. The van der Waals surface area contributed by atoms with Gasteiger partial charge >= 0.3 is 0 Å². The van der Waals surface area contributed by atoms with E-state index in [9.17, 15) is 0 Å². The second kappa shape index (κ2) is 6.69. The van der Waals surface area contributed by atoms with E-state index in [1.807, 2.05) is 7.11 Å². The molecule has 1 aromatic rings. The second-order valence-corrected chi connectivity index (χ2v) is 6.01. The van der Waals surface area contributed by atoms with E-state index in [1.165, 1.54) is 44.1 Å². The summed E-state index contributed by atoms with van der Waals surface area (Å²) in [6.07, 6.45) is 7.65. The Morgan fingerprint density at radius 3 is 2.56 bits per heavy atom. The van der Waals surface area contributed by atoms with Crippen molar-refractivity contribution in [1.29, 1.82) is 0 Å². The van der Waals surface area contributed by atoms with Crippen LogP contribution >= 0.6 is 11.3 Å². The quantitative estimate of drug-likeness (QED) is 0.810. The third-order valence-corrected chi connectivity index (χ3v) is 4.87. The zero-order valence-electron chi connectivity index (χ0n) is 11.6. The smallest absolute Gasteiger partial charge is 0.0872 e. The maximum atomic E-state index is 6.04. The Hall–Kier alpha value is -0.380. The maximum absolute atomic E-state index is 6.04. The summed E-state index contributed by atoms with van der Waals surface area (Å²) in [5, 5.41) is 8.09. The average Bonchev–Trinajstić information content (AvgIpc) is 2.81. The van der Waals surface area contributed by atoms with Crippen molar-refractivity contribution >= 4 is 11.3 Å². The molecule has 1 atom stereocenters. The molecule has 1 fully saturated rings. The highest BCUT2D eigenvalue weighted by Gasteiger charge is 2.39. The van der Waals surface area contributed by atoms with Crippen LogP contribution in [0.4, 0.5) is 0 Å². The number of nitrogens with one attached hydrogen (secondary N) is 1. The number of methoxy groups -OCH3 is 1. The van der Waals surface area contributed by atoms with Crippen molar-refractivity contribution in [3.8, 4) is 0 Å². The molecule has 18 heavy (non-hydrogen) atoms. The van der Waals surface area contributed by atoms with Gasteiger partial charge in [-0.05, 0) is 41.8 Å². The highest BCUT2D eigenvalue weighted by molar-refractivity contribution is 7.07. The number of likely N-dealkylation sites (N-methyl/N-ethyl adjacent to an activating group) is 1. The van der Waals surface area contributed by atoms with Gasteiger partial charge in [0.15, 0.2) is 0 Å². The lowest BCUT2D eigenvalue weighted by Crippen LogP contribution is -2.45. The van der Waals surface area contributed by atoms with E-state index >= 15 is 0 Å². The predicted molar refractivity (Wildman–Crippen MR) is 78.2 cm³/mol.